The third kappa shape index (κ3) is 1.19. The SMILES string of the molecule is Cc1cc(NC#N)on1. The van der Waals surface area contributed by atoms with E-state index >= 15 is 0 Å². The molecule has 0 atom stereocenters. The first kappa shape index (κ1) is 5.63. The summed E-state index contributed by atoms with van der Waals surface area (Å²) in [5.41, 5.74) is 0.757. The number of hydrogen-bond donors (Lipinski definition) is 1. The van der Waals surface area contributed by atoms with E-state index < -0.39 is 0 Å². The fourth-order valence-electron chi connectivity index (χ4n) is 0.478. The summed E-state index contributed by atoms with van der Waals surface area (Å²) < 4.78 is 4.62. The summed E-state index contributed by atoms with van der Waals surface area (Å²) in [5.74, 6) is 0.384. The normalized spacial score (nSPS) is 8.44. The summed E-state index contributed by atoms with van der Waals surface area (Å²) in [6.07, 6.45) is 1.71. The van der Waals surface area contributed by atoms with Gasteiger partial charge in [0.1, 0.15) is 0 Å². The van der Waals surface area contributed by atoms with Crippen LogP contribution < -0.4 is 5.32 Å². The van der Waals surface area contributed by atoms with Crippen LogP contribution in [-0.4, -0.2) is 5.16 Å². The van der Waals surface area contributed by atoms with Crippen molar-refractivity contribution in [2.45, 2.75) is 6.92 Å². The van der Waals surface area contributed by atoms with E-state index in [1.807, 2.05) is 0 Å². The molecule has 4 nitrogen and oxygen atoms in total. The van der Waals surface area contributed by atoms with Gasteiger partial charge in [0.2, 0.25) is 5.88 Å². The zero-order chi connectivity index (χ0) is 6.69. The number of nitriles is 1. The molecule has 0 radical (unpaired) electrons. The Bertz CT molecular complexity index is 235. The summed E-state index contributed by atoms with van der Waals surface area (Å²) in [4.78, 5) is 0. The van der Waals surface area contributed by atoms with Crippen molar-refractivity contribution in [1.82, 2.24) is 5.16 Å². The second-order valence-electron chi connectivity index (χ2n) is 1.57. The Kier molecular flexibility index (Phi) is 1.36. The molecule has 0 fully saturated rings. The number of nitrogens with one attached hydrogen (secondary N) is 1. The molecule has 1 heterocycles. The highest BCUT2D eigenvalue weighted by atomic mass is 16.5. The summed E-state index contributed by atoms with van der Waals surface area (Å²) in [5, 5.41) is 13.9. The van der Waals surface area contributed by atoms with Crippen LogP contribution in [0.15, 0.2) is 10.6 Å². The van der Waals surface area contributed by atoms with Crippen molar-refractivity contribution in [1.29, 1.82) is 5.26 Å². The molecule has 0 aromatic carbocycles. The van der Waals surface area contributed by atoms with E-state index in [4.69, 9.17) is 5.26 Å². The molecule has 1 N–H and O–H groups in total. The fraction of sp³-hybridized carbons (Fsp3) is 0.200. The van der Waals surface area contributed by atoms with Gasteiger partial charge in [-0.15, -0.1) is 0 Å². The van der Waals surface area contributed by atoms with E-state index in [1.54, 1.807) is 19.2 Å². The number of hydrogen-bond acceptors (Lipinski definition) is 4. The average molecular weight is 123 g/mol. The second-order valence-corrected chi connectivity index (χ2v) is 1.57. The van der Waals surface area contributed by atoms with Gasteiger partial charge in [-0.1, -0.05) is 5.16 Å². The van der Waals surface area contributed by atoms with Crippen LogP contribution >= 0.6 is 0 Å². The molecule has 9 heavy (non-hydrogen) atoms. The Morgan fingerprint density at radius 2 is 2.67 bits per heavy atom. The lowest BCUT2D eigenvalue weighted by Crippen LogP contribution is -1.81. The Hall–Kier alpha value is -1.50. The van der Waals surface area contributed by atoms with Crippen LogP contribution in [-0.2, 0) is 0 Å². The number of anilines is 1. The van der Waals surface area contributed by atoms with E-state index in [2.05, 4.69) is 15.0 Å². The maximum Gasteiger partial charge on any atom is 0.237 e. The molecule has 0 saturated heterocycles. The smallest absolute Gasteiger partial charge is 0.237 e. The summed E-state index contributed by atoms with van der Waals surface area (Å²) in [6.45, 7) is 1.78. The van der Waals surface area contributed by atoms with Gasteiger partial charge in [0.15, 0.2) is 6.19 Å². The maximum atomic E-state index is 8.08. The maximum absolute atomic E-state index is 8.08. The number of aromatic nitrogens is 1. The summed E-state index contributed by atoms with van der Waals surface area (Å²) >= 11 is 0. The van der Waals surface area contributed by atoms with Gasteiger partial charge < -0.3 is 4.52 Å². The molecular formula is C5H5N3O. The van der Waals surface area contributed by atoms with Crippen molar-refractivity contribution >= 4 is 5.88 Å². The summed E-state index contributed by atoms with van der Waals surface area (Å²) in [6, 6.07) is 1.64. The van der Waals surface area contributed by atoms with Crippen LogP contribution in [0.1, 0.15) is 5.69 Å². The fourth-order valence-corrected chi connectivity index (χ4v) is 0.478. The van der Waals surface area contributed by atoms with Crippen molar-refractivity contribution in [3.8, 4) is 6.19 Å². The highest BCUT2D eigenvalue weighted by Gasteiger charge is 1.95. The predicted octanol–water partition coefficient (Wildman–Crippen LogP) is 0.876. The Labute approximate surface area is 52.1 Å². The molecule has 0 bridgehead atoms. The molecule has 46 valence electrons. The van der Waals surface area contributed by atoms with Crippen LogP contribution in [0.3, 0.4) is 0 Å². The van der Waals surface area contributed by atoms with Gasteiger partial charge in [-0.05, 0) is 6.92 Å². The zero-order valence-corrected chi connectivity index (χ0v) is 4.88. The topological polar surface area (TPSA) is 61.9 Å². The minimum atomic E-state index is 0.384. The molecule has 0 aliphatic rings. The van der Waals surface area contributed by atoms with Crippen molar-refractivity contribution in [3.63, 3.8) is 0 Å². The zero-order valence-electron chi connectivity index (χ0n) is 4.88. The van der Waals surface area contributed by atoms with Gasteiger partial charge in [-0.25, -0.2) is 0 Å². The van der Waals surface area contributed by atoms with E-state index in [1.165, 1.54) is 0 Å². The van der Waals surface area contributed by atoms with Gasteiger partial charge in [0, 0.05) is 6.07 Å². The molecule has 0 aliphatic heterocycles. The molecule has 0 saturated carbocycles. The average Bonchev–Trinajstić information content (AvgIpc) is 2.17. The predicted molar refractivity (Wildman–Crippen MR) is 30.5 cm³/mol. The minimum absolute atomic E-state index is 0.384. The molecular weight excluding hydrogens is 118 g/mol. The van der Waals surface area contributed by atoms with Crippen molar-refractivity contribution < 1.29 is 4.52 Å². The van der Waals surface area contributed by atoms with Crippen molar-refractivity contribution in [2.24, 2.45) is 0 Å². The molecule has 0 unspecified atom stereocenters. The third-order valence-electron chi connectivity index (χ3n) is 0.807. The molecule has 0 amide bonds. The van der Waals surface area contributed by atoms with Gasteiger partial charge in [-0.2, -0.15) is 5.26 Å². The monoisotopic (exact) mass is 123 g/mol. The molecule has 0 spiro atoms. The molecule has 4 heteroatoms. The molecule has 0 aliphatic carbocycles. The highest BCUT2D eigenvalue weighted by molar-refractivity contribution is 5.35. The van der Waals surface area contributed by atoms with Crippen LogP contribution in [0.4, 0.5) is 5.88 Å². The first-order valence-corrected chi connectivity index (χ1v) is 2.41. The third-order valence-corrected chi connectivity index (χ3v) is 0.807. The molecule has 1 aromatic heterocycles. The van der Waals surface area contributed by atoms with Gasteiger partial charge in [-0.3, -0.25) is 5.32 Å². The Morgan fingerprint density at radius 1 is 1.89 bits per heavy atom. The van der Waals surface area contributed by atoms with E-state index in [0.29, 0.717) is 5.88 Å². The first-order valence-electron chi connectivity index (χ1n) is 2.41. The van der Waals surface area contributed by atoms with E-state index in [9.17, 15) is 0 Å². The van der Waals surface area contributed by atoms with Crippen LogP contribution in [0.5, 0.6) is 0 Å². The Morgan fingerprint density at radius 3 is 3.11 bits per heavy atom. The van der Waals surface area contributed by atoms with Gasteiger partial charge in [0.05, 0.1) is 5.69 Å². The van der Waals surface area contributed by atoms with Crippen LogP contribution in [0.25, 0.3) is 0 Å². The quantitative estimate of drug-likeness (QED) is 0.444. The lowest BCUT2D eigenvalue weighted by atomic mass is 10.5. The summed E-state index contributed by atoms with van der Waals surface area (Å²) in [7, 11) is 0. The van der Waals surface area contributed by atoms with Crippen LogP contribution in [0.2, 0.25) is 0 Å². The van der Waals surface area contributed by atoms with Crippen molar-refractivity contribution in [2.75, 3.05) is 5.32 Å². The second kappa shape index (κ2) is 2.18. The van der Waals surface area contributed by atoms with Crippen LogP contribution in [0, 0.1) is 18.4 Å². The van der Waals surface area contributed by atoms with Crippen molar-refractivity contribution in [3.05, 3.63) is 11.8 Å². The van der Waals surface area contributed by atoms with E-state index in [0.717, 1.165) is 5.69 Å². The lowest BCUT2D eigenvalue weighted by Gasteiger charge is -1.79. The number of nitrogens with zero attached hydrogens (tertiary/aromatic N) is 2. The first-order chi connectivity index (χ1) is 4.33. The van der Waals surface area contributed by atoms with Gasteiger partial charge >= 0.3 is 0 Å². The van der Waals surface area contributed by atoms with E-state index in [-0.39, 0.29) is 0 Å². The lowest BCUT2D eigenvalue weighted by molar-refractivity contribution is 0.430. The molecule has 1 aromatic rings. The molecule has 1 rings (SSSR count). The minimum Gasteiger partial charge on any atom is -0.338 e. The largest absolute Gasteiger partial charge is 0.338 e. The van der Waals surface area contributed by atoms with Gasteiger partial charge in [0.25, 0.3) is 0 Å². The Balaban J connectivity index is 2.76. The number of rotatable bonds is 1. The highest BCUT2D eigenvalue weighted by Crippen LogP contribution is 2.06. The number of aryl methyl sites for hydroxylation is 1. The standard InChI is InChI=1S/C5H5N3O/c1-4-2-5(7-3-6)9-8-4/h2,7H,1H3.